The molecule has 1 atom stereocenters. The van der Waals surface area contributed by atoms with Gasteiger partial charge in [-0.1, -0.05) is 103 Å². The largest absolute Gasteiger partial charge is 0.481 e. The number of carboxylic acids is 2. The van der Waals surface area contributed by atoms with Gasteiger partial charge in [0.15, 0.2) is 0 Å². The number of halogens is 1. The number of carbonyl (C=O) groups is 6. The highest BCUT2D eigenvalue weighted by atomic mass is 127. The Labute approximate surface area is 342 Å². The Morgan fingerprint density at radius 1 is 0.455 bits per heavy atom. The van der Waals surface area contributed by atoms with Crippen LogP contribution >= 0.6 is 22.6 Å². The van der Waals surface area contributed by atoms with Gasteiger partial charge >= 0.3 is 11.9 Å². The van der Waals surface area contributed by atoms with Crippen LogP contribution in [-0.2, 0) is 47.7 Å². The molecule has 0 aliphatic carbocycles. The molecule has 0 saturated heterocycles. The van der Waals surface area contributed by atoms with Gasteiger partial charge in [0.1, 0.15) is 19.3 Å². The van der Waals surface area contributed by atoms with Crippen LogP contribution in [0.15, 0.2) is 0 Å². The van der Waals surface area contributed by atoms with Crippen LogP contribution in [-0.4, -0.2) is 116 Å². The van der Waals surface area contributed by atoms with Crippen LogP contribution in [0.25, 0.3) is 0 Å². The highest BCUT2D eigenvalue weighted by molar-refractivity contribution is 14.1. The number of amides is 3. The predicted octanol–water partition coefficient (Wildman–Crippen LogP) is 5.48. The lowest BCUT2D eigenvalue weighted by Gasteiger charge is -2.14. The monoisotopic (exact) mass is 899 g/mol. The number of nitrogens with one attached hydrogen (secondary N) is 3. The zero-order valence-electron chi connectivity index (χ0n) is 33.1. The van der Waals surface area contributed by atoms with E-state index in [2.05, 4.69) is 16.0 Å². The van der Waals surface area contributed by atoms with Gasteiger partial charge in [-0.3, -0.25) is 24.0 Å². The number of rotatable bonds is 42. The van der Waals surface area contributed by atoms with Gasteiger partial charge in [0, 0.05) is 54.9 Å². The third-order valence-electron chi connectivity index (χ3n) is 8.67. The van der Waals surface area contributed by atoms with E-state index in [4.69, 9.17) is 24.1 Å². The fraction of sp³-hybridized carbons (Fsp3) is 0.846. The SMILES string of the molecule is O=C(O)CCCCCCCCCCCCCCCCCCCCC(=O)NC(CCC(=O)NCCOCCOCC(=O)NCCOCCOCC(=O)I)C(=O)O. The number of aliphatic carboxylic acids is 2. The maximum Gasteiger partial charge on any atom is 0.326 e. The van der Waals surface area contributed by atoms with Crippen molar-refractivity contribution in [3.05, 3.63) is 0 Å². The van der Waals surface area contributed by atoms with Gasteiger partial charge in [-0.05, 0) is 19.3 Å². The fourth-order valence-electron chi connectivity index (χ4n) is 5.61. The van der Waals surface area contributed by atoms with Gasteiger partial charge in [0.05, 0.1) is 39.6 Å². The van der Waals surface area contributed by atoms with Gasteiger partial charge in [-0.2, -0.15) is 0 Å². The minimum absolute atomic E-state index is 0.0100. The third kappa shape index (κ3) is 41.1. The van der Waals surface area contributed by atoms with E-state index in [-0.39, 0.29) is 80.4 Å². The van der Waals surface area contributed by atoms with E-state index in [9.17, 15) is 33.9 Å². The second-order valence-electron chi connectivity index (χ2n) is 13.6. The fourth-order valence-corrected chi connectivity index (χ4v) is 5.83. The molecule has 0 aromatic carbocycles. The third-order valence-corrected chi connectivity index (χ3v) is 8.98. The summed E-state index contributed by atoms with van der Waals surface area (Å²) in [5.74, 6) is -2.81. The average molecular weight is 900 g/mol. The Hall–Kier alpha value is -2.41. The molecule has 0 saturated carbocycles. The normalized spacial score (nSPS) is 11.6. The lowest BCUT2D eigenvalue weighted by atomic mass is 10.0. The first-order valence-corrected chi connectivity index (χ1v) is 21.5. The number of hydrogen-bond acceptors (Lipinski definition) is 10. The van der Waals surface area contributed by atoms with E-state index in [0.717, 1.165) is 38.5 Å². The smallest absolute Gasteiger partial charge is 0.326 e. The zero-order valence-corrected chi connectivity index (χ0v) is 35.2. The van der Waals surface area contributed by atoms with Crippen LogP contribution in [0.5, 0.6) is 0 Å². The molecule has 5 N–H and O–H groups in total. The van der Waals surface area contributed by atoms with Crippen molar-refractivity contribution in [2.75, 3.05) is 65.9 Å². The molecule has 55 heavy (non-hydrogen) atoms. The highest BCUT2D eigenvalue weighted by Crippen LogP contribution is 2.15. The lowest BCUT2D eigenvalue weighted by molar-refractivity contribution is -0.142. The van der Waals surface area contributed by atoms with E-state index >= 15 is 0 Å². The standard InChI is InChI=1S/C39H70IN3O12/c40-34(44)31-54-29-27-53-26-24-42-37(47)32-55-30-28-52-25-23-41-35(45)22-21-33(39(50)51)43-36(46)19-17-15-13-11-9-7-5-3-1-2-4-6-8-10-12-14-16-18-20-38(48)49/h33H,1-32H2,(H,41,45)(H,42,47)(H,43,46)(H,48,49)(H,50,51). The van der Waals surface area contributed by atoms with E-state index in [0.29, 0.717) is 39.2 Å². The molecular formula is C39H70IN3O12. The molecule has 320 valence electrons. The van der Waals surface area contributed by atoms with Crippen LogP contribution in [0.2, 0.25) is 0 Å². The van der Waals surface area contributed by atoms with E-state index in [1.807, 2.05) is 0 Å². The van der Waals surface area contributed by atoms with Crippen LogP contribution < -0.4 is 16.0 Å². The minimum Gasteiger partial charge on any atom is -0.481 e. The maximum absolute atomic E-state index is 12.3. The molecule has 3 amide bonds. The zero-order chi connectivity index (χ0) is 40.6. The first-order valence-electron chi connectivity index (χ1n) is 20.4. The van der Waals surface area contributed by atoms with Crippen molar-refractivity contribution in [3.8, 4) is 0 Å². The molecule has 0 rings (SSSR count). The molecule has 0 aliphatic rings. The van der Waals surface area contributed by atoms with Crippen LogP contribution in [0, 0.1) is 0 Å². The lowest BCUT2D eigenvalue weighted by Crippen LogP contribution is -2.41. The summed E-state index contributed by atoms with van der Waals surface area (Å²) in [5.41, 5.74) is 0. The van der Waals surface area contributed by atoms with Crippen molar-refractivity contribution in [2.24, 2.45) is 0 Å². The van der Waals surface area contributed by atoms with E-state index in [1.165, 1.54) is 70.6 Å². The molecule has 16 heteroatoms. The second-order valence-corrected chi connectivity index (χ2v) is 14.8. The van der Waals surface area contributed by atoms with Crippen LogP contribution in [0.4, 0.5) is 0 Å². The molecule has 0 aromatic rings. The van der Waals surface area contributed by atoms with Crippen molar-refractivity contribution in [3.63, 3.8) is 0 Å². The summed E-state index contributed by atoms with van der Waals surface area (Å²) in [6.07, 6.45) is 21.3. The number of ether oxygens (including phenoxy) is 4. The Balaban J connectivity index is 3.62. The van der Waals surface area contributed by atoms with Crippen molar-refractivity contribution >= 4 is 56.0 Å². The molecule has 0 aliphatic heterocycles. The summed E-state index contributed by atoms with van der Waals surface area (Å²) in [6, 6.07) is -1.12. The van der Waals surface area contributed by atoms with E-state index < -0.39 is 18.0 Å². The average Bonchev–Trinajstić information content (AvgIpc) is 3.14. The minimum atomic E-state index is -1.17. The summed E-state index contributed by atoms with van der Waals surface area (Å²) in [6.45, 7) is 2.02. The van der Waals surface area contributed by atoms with E-state index in [1.54, 1.807) is 22.6 Å². The summed E-state index contributed by atoms with van der Waals surface area (Å²) >= 11 is 1.65. The topological polar surface area (TPSA) is 216 Å². The first kappa shape index (κ1) is 52.6. The molecule has 0 radical (unpaired) electrons. The number of hydrogen-bond donors (Lipinski definition) is 5. The van der Waals surface area contributed by atoms with Crippen molar-refractivity contribution in [1.29, 1.82) is 0 Å². The summed E-state index contributed by atoms with van der Waals surface area (Å²) in [7, 11) is 0. The number of unbranched alkanes of at least 4 members (excludes halogenated alkanes) is 17. The van der Waals surface area contributed by atoms with Gasteiger partial charge < -0.3 is 45.1 Å². The predicted molar refractivity (Wildman–Crippen MR) is 217 cm³/mol. The van der Waals surface area contributed by atoms with Crippen molar-refractivity contribution in [1.82, 2.24) is 16.0 Å². The first-order chi connectivity index (χ1) is 26.6. The molecule has 0 bridgehead atoms. The maximum atomic E-state index is 12.3. The Bertz CT molecular complexity index is 1020. The highest BCUT2D eigenvalue weighted by Gasteiger charge is 2.20. The Kier molecular flexibility index (Phi) is 38.1. The molecular weight excluding hydrogens is 829 g/mol. The van der Waals surface area contributed by atoms with Gasteiger partial charge in [-0.25, -0.2) is 4.79 Å². The Morgan fingerprint density at radius 3 is 1.29 bits per heavy atom. The van der Waals surface area contributed by atoms with Gasteiger partial charge in [-0.15, -0.1) is 0 Å². The van der Waals surface area contributed by atoms with Crippen molar-refractivity contribution in [2.45, 2.75) is 147 Å². The number of carbonyl (C=O) groups excluding carboxylic acids is 4. The molecule has 0 spiro atoms. The van der Waals surface area contributed by atoms with Gasteiger partial charge in [0.25, 0.3) is 0 Å². The molecule has 0 heterocycles. The van der Waals surface area contributed by atoms with Crippen LogP contribution in [0.1, 0.15) is 141 Å². The second kappa shape index (κ2) is 39.8. The number of carboxylic acid groups (broad SMARTS) is 2. The molecule has 0 fully saturated rings. The summed E-state index contributed by atoms with van der Waals surface area (Å²) < 4.78 is 20.9. The van der Waals surface area contributed by atoms with Crippen molar-refractivity contribution < 1.29 is 57.9 Å². The molecule has 0 aromatic heterocycles. The summed E-state index contributed by atoms with van der Waals surface area (Å²) in [4.78, 5) is 69.1. The van der Waals surface area contributed by atoms with Gasteiger partial charge in [0.2, 0.25) is 21.5 Å². The quantitative estimate of drug-likeness (QED) is 0.0293. The molecule has 15 nitrogen and oxygen atoms in total. The summed E-state index contributed by atoms with van der Waals surface area (Å²) in [5, 5.41) is 26.0. The van der Waals surface area contributed by atoms with Crippen LogP contribution in [0.3, 0.4) is 0 Å². The Morgan fingerprint density at radius 2 is 0.855 bits per heavy atom. The molecule has 1 unspecified atom stereocenters.